The van der Waals surface area contributed by atoms with E-state index in [1.807, 2.05) is 36.4 Å². The third kappa shape index (κ3) is 6.39. The molecule has 0 unspecified atom stereocenters. The fourth-order valence-electron chi connectivity index (χ4n) is 3.77. The number of ether oxygens (including phenoxy) is 1. The Morgan fingerprint density at radius 3 is 2.59 bits per heavy atom. The van der Waals surface area contributed by atoms with Crippen molar-refractivity contribution in [3.05, 3.63) is 112 Å². The van der Waals surface area contributed by atoms with E-state index in [4.69, 9.17) is 16.3 Å². The number of halogens is 1. The van der Waals surface area contributed by atoms with Crippen LogP contribution >= 0.6 is 11.6 Å². The van der Waals surface area contributed by atoms with E-state index in [-0.39, 0.29) is 34.2 Å². The number of fused-ring (bicyclic) bond motifs is 1. The van der Waals surface area contributed by atoms with Crippen molar-refractivity contribution in [2.45, 2.75) is 12.8 Å². The number of aryl methyl sites for hydroxylation is 1. The van der Waals surface area contributed by atoms with Crippen molar-refractivity contribution in [3.8, 4) is 5.75 Å². The van der Waals surface area contributed by atoms with Crippen LogP contribution in [0.2, 0.25) is 5.02 Å². The molecule has 0 saturated carbocycles. The van der Waals surface area contributed by atoms with Gasteiger partial charge in [-0.05, 0) is 60.0 Å². The number of aromatic hydroxyl groups is 1. The highest BCUT2D eigenvalue weighted by atomic mass is 35.5. The standard InChI is InChI=1S/C29H23ClN2O5/c1-37-29(36)26(15-19-13-20-6-2-3-8-25(20)31-17-19)32-28(35)23-11-10-21(16-24(23)30)27(34)12-9-18-5-4-7-22(33)14-18/h2-8,10-11,13-17,33H,9,12H2,1H3,(H,32,35). The van der Waals surface area contributed by atoms with Crippen LogP contribution in [0.15, 0.2) is 84.7 Å². The molecule has 37 heavy (non-hydrogen) atoms. The molecule has 1 aromatic heterocycles. The summed E-state index contributed by atoms with van der Waals surface area (Å²) in [7, 11) is 1.21. The van der Waals surface area contributed by atoms with Crippen molar-refractivity contribution in [2.75, 3.05) is 7.11 Å². The first-order valence-corrected chi connectivity index (χ1v) is 11.8. The molecule has 0 bridgehead atoms. The summed E-state index contributed by atoms with van der Waals surface area (Å²) in [5.41, 5.74) is 2.58. The molecular weight excluding hydrogens is 492 g/mol. The molecule has 0 aliphatic rings. The minimum Gasteiger partial charge on any atom is -0.508 e. The topological polar surface area (TPSA) is 106 Å². The van der Waals surface area contributed by atoms with Crippen LogP contribution in [0, 0.1) is 0 Å². The molecule has 0 atom stereocenters. The van der Waals surface area contributed by atoms with E-state index < -0.39 is 11.9 Å². The number of carbonyl (C=O) groups is 3. The van der Waals surface area contributed by atoms with E-state index in [1.165, 1.54) is 31.4 Å². The number of esters is 1. The number of nitrogens with one attached hydrogen (secondary N) is 1. The summed E-state index contributed by atoms with van der Waals surface area (Å²) in [5, 5.41) is 13.1. The molecule has 0 radical (unpaired) electrons. The average Bonchev–Trinajstić information content (AvgIpc) is 2.90. The van der Waals surface area contributed by atoms with Crippen molar-refractivity contribution in [1.82, 2.24) is 10.3 Å². The molecule has 0 saturated heterocycles. The minimum absolute atomic E-state index is 0.0669. The maximum atomic E-state index is 13.0. The van der Waals surface area contributed by atoms with Gasteiger partial charge in [-0.25, -0.2) is 4.79 Å². The second-order valence-corrected chi connectivity index (χ2v) is 8.66. The van der Waals surface area contributed by atoms with Gasteiger partial charge in [-0.3, -0.25) is 14.6 Å². The average molecular weight is 515 g/mol. The summed E-state index contributed by atoms with van der Waals surface area (Å²) in [6.07, 6.45) is 3.71. The number of carbonyl (C=O) groups excluding carboxylic acids is 3. The SMILES string of the molecule is COC(=O)C(=Cc1cnc2ccccc2c1)NC(=O)c1ccc(C(=O)CCc2cccc(O)c2)cc1Cl. The van der Waals surface area contributed by atoms with Crippen molar-refractivity contribution < 1.29 is 24.2 Å². The Morgan fingerprint density at radius 2 is 1.84 bits per heavy atom. The number of phenols is 1. The van der Waals surface area contributed by atoms with Crippen LogP contribution in [0.3, 0.4) is 0 Å². The molecule has 2 N–H and O–H groups in total. The van der Waals surface area contributed by atoms with Crippen LogP contribution < -0.4 is 5.32 Å². The zero-order chi connectivity index (χ0) is 26.4. The normalized spacial score (nSPS) is 11.2. The maximum absolute atomic E-state index is 13.0. The lowest BCUT2D eigenvalue weighted by Gasteiger charge is -2.11. The van der Waals surface area contributed by atoms with Crippen molar-refractivity contribution >= 4 is 46.2 Å². The van der Waals surface area contributed by atoms with Gasteiger partial charge in [0.25, 0.3) is 5.91 Å². The number of rotatable bonds is 8. The molecule has 8 heteroatoms. The molecule has 4 rings (SSSR count). The first-order valence-electron chi connectivity index (χ1n) is 11.4. The Bertz CT molecular complexity index is 1530. The van der Waals surface area contributed by atoms with Gasteiger partial charge in [0.1, 0.15) is 11.4 Å². The molecular formula is C29H23ClN2O5. The molecule has 0 spiro atoms. The number of aromatic nitrogens is 1. The quantitative estimate of drug-likeness (QED) is 0.186. The summed E-state index contributed by atoms with van der Waals surface area (Å²) in [6.45, 7) is 0. The Morgan fingerprint density at radius 1 is 1.03 bits per heavy atom. The van der Waals surface area contributed by atoms with Gasteiger partial charge in [0.2, 0.25) is 0 Å². The van der Waals surface area contributed by atoms with Gasteiger partial charge in [-0.1, -0.05) is 48.0 Å². The van der Waals surface area contributed by atoms with E-state index in [1.54, 1.807) is 24.4 Å². The zero-order valence-corrected chi connectivity index (χ0v) is 20.7. The molecule has 1 amide bonds. The predicted molar refractivity (Wildman–Crippen MR) is 141 cm³/mol. The number of methoxy groups -OCH3 is 1. The van der Waals surface area contributed by atoms with E-state index in [0.717, 1.165) is 16.5 Å². The van der Waals surface area contributed by atoms with Gasteiger partial charge in [-0.15, -0.1) is 0 Å². The summed E-state index contributed by atoms with van der Waals surface area (Å²) in [6, 6.07) is 20.4. The largest absolute Gasteiger partial charge is 0.508 e. The number of hydrogen-bond donors (Lipinski definition) is 2. The number of Topliss-reactive ketones (excluding diaryl/α,β-unsaturated/α-hetero) is 1. The molecule has 1 heterocycles. The lowest BCUT2D eigenvalue weighted by Crippen LogP contribution is -2.28. The Kier molecular flexibility index (Phi) is 7.95. The van der Waals surface area contributed by atoms with Crippen molar-refractivity contribution in [1.29, 1.82) is 0 Å². The van der Waals surface area contributed by atoms with E-state index >= 15 is 0 Å². The number of para-hydroxylation sites is 1. The Hall–Kier alpha value is -4.49. The molecule has 0 aliphatic carbocycles. The summed E-state index contributed by atoms with van der Waals surface area (Å²) in [4.78, 5) is 42.3. The van der Waals surface area contributed by atoms with Crippen molar-refractivity contribution in [2.24, 2.45) is 0 Å². The lowest BCUT2D eigenvalue weighted by atomic mass is 10.0. The molecule has 7 nitrogen and oxygen atoms in total. The van der Waals surface area contributed by atoms with Crippen LogP contribution in [0.5, 0.6) is 5.75 Å². The molecule has 4 aromatic rings. The number of hydrogen-bond acceptors (Lipinski definition) is 6. The summed E-state index contributed by atoms with van der Waals surface area (Å²) < 4.78 is 4.82. The van der Waals surface area contributed by atoms with Crippen LogP contribution in [-0.2, 0) is 16.0 Å². The minimum atomic E-state index is -0.739. The molecule has 0 fully saturated rings. The second-order valence-electron chi connectivity index (χ2n) is 8.25. The predicted octanol–water partition coefficient (Wildman–Crippen LogP) is 5.35. The van der Waals surface area contributed by atoms with E-state index in [9.17, 15) is 19.5 Å². The third-order valence-corrected chi connectivity index (χ3v) is 5.98. The number of pyridine rings is 1. The van der Waals surface area contributed by atoms with E-state index in [2.05, 4.69) is 10.3 Å². The maximum Gasteiger partial charge on any atom is 0.354 e. The highest BCUT2D eigenvalue weighted by molar-refractivity contribution is 6.34. The first-order chi connectivity index (χ1) is 17.8. The first kappa shape index (κ1) is 25.6. The van der Waals surface area contributed by atoms with Gasteiger partial charge in [0.15, 0.2) is 5.78 Å². The van der Waals surface area contributed by atoms with Crippen LogP contribution in [0.4, 0.5) is 0 Å². The lowest BCUT2D eigenvalue weighted by molar-refractivity contribution is -0.136. The smallest absolute Gasteiger partial charge is 0.354 e. The van der Waals surface area contributed by atoms with Gasteiger partial charge >= 0.3 is 5.97 Å². The van der Waals surface area contributed by atoms with Crippen LogP contribution in [-0.4, -0.2) is 34.9 Å². The second kappa shape index (κ2) is 11.5. The summed E-state index contributed by atoms with van der Waals surface area (Å²) in [5.74, 6) is -1.39. The van der Waals surface area contributed by atoms with Crippen LogP contribution in [0.25, 0.3) is 17.0 Å². The number of amides is 1. The fourth-order valence-corrected chi connectivity index (χ4v) is 4.03. The van der Waals surface area contributed by atoms with Crippen LogP contribution in [0.1, 0.15) is 38.3 Å². The zero-order valence-electron chi connectivity index (χ0n) is 19.9. The Balaban J connectivity index is 1.50. The van der Waals surface area contributed by atoms with Crippen molar-refractivity contribution in [3.63, 3.8) is 0 Å². The number of ketones is 1. The highest BCUT2D eigenvalue weighted by Gasteiger charge is 2.19. The third-order valence-electron chi connectivity index (χ3n) is 5.66. The van der Waals surface area contributed by atoms with Gasteiger partial charge in [-0.2, -0.15) is 0 Å². The Labute approximate surface area is 218 Å². The summed E-state index contributed by atoms with van der Waals surface area (Å²) >= 11 is 6.34. The number of phenolic OH excluding ortho intramolecular Hbond substituents is 1. The van der Waals surface area contributed by atoms with Gasteiger partial charge in [0.05, 0.1) is 23.2 Å². The molecule has 186 valence electrons. The highest BCUT2D eigenvalue weighted by Crippen LogP contribution is 2.21. The van der Waals surface area contributed by atoms with E-state index in [0.29, 0.717) is 17.5 Å². The van der Waals surface area contributed by atoms with Gasteiger partial charge < -0.3 is 15.2 Å². The number of benzene rings is 3. The molecule has 0 aliphatic heterocycles. The monoisotopic (exact) mass is 514 g/mol. The van der Waals surface area contributed by atoms with Gasteiger partial charge in [0, 0.05) is 23.6 Å². The fraction of sp³-hybridized carbons (Fsp3) is 0.103. The number of nitrogens with zero attached hydrogens (tertiary/aromatic N) is 1. The molecule has 3 aromatic carbocycles.